The molecule has 0 heterocycles. The molecule has 0 saturated carbocycles. The molecule has 6 heavy (non-hydrogen) atoms. The van der Waals surface area contributed by atoms with E-state index >= 15 is 0 Å². The monoisotopic (exact) mass is 103 g/mol. The van der Waals surface area contributed by atoms with Gasteiger partial charge in [0.15, 0.2) is 10.4 Å². The molecule has 0 bridgehead atoms. The van der Waals surface area contributed by atoms with Crippen molar-refractivity contribution in [3.05, 3.63) is 12.7 Å². The molecule has 0 aromatic carbocycles. The topological polar surface area (TPSA) is 40.9 Å². The molecule has 0 atom stereocenters. The molecule has 0 saturated heterocycles. The van der Waals surface area contributed by atoms with E-state index in [9.17, 15) is 4.21 Å². The quantitative estimate of drug-likeness (QED) is 0.451. The van der Waals surface area contributed by atoms with Crippen LogP contribution in [0.25, 0.3) is 0 Å². The van der Waals surface area contributed by atoms with Crippen molar-refractivity contribution in [1.29, 1.82) is 4.61 Å². The fourth-order valence-electron chi connectivity index (χ4n) is 0.101. The molecule has 0 aromatic heterocycles. The van der Waals surface area contributed by atoms with Crippen molar-refractivity contribution in [2.75, 3.05) is 5.75 Å². The second-order valence-electron chi connectivity index (χ2n) is 0.777. The predicted molar refractivity (Wildman–Crippen MR) is 24.9 cm³/mol. The second kappa shape index (κ2) is 2.69. The Balaban J connectivity index is 3.42. The van der Waals surface area contributed by atoms with E-state index in [0.717, 1.165) is 0 Å². The highest BCUT2D eigenvalue weighted by Crippen LogP contribution is 1.60. The molecular weight excluding hydrogens is 98.1 g/mol. The number of hydrogen-bond donors (Lipinski definition) is 0. The van der Waals surface area contributed by atoms with Crippen molar-refractivity contribution >= 4 is 10.4 Å². The molecule has 0 rings (SSSR count). The van der Waals surface area contributed by atoms with Crippen LogP contribution in [0, 0.1) is 4.61 Å². The van der Waals surface area contributed by atoms with Gasteiger partial charge in [-0.1, -0.05) is 6.08 Å². The lowest BCUT2D eigenvalue weighted by Crippen LogP contribution is -1.70. The van der Waals surface area contributed by atoms with Gasteiger partial charge in [-0.2, -0.15) is 4.21 Å². The summed E-state index contributed by atoms with van der Waals surface area (Å²) < 4.78 is 17.6. The van der Waals surface area contributed by atoms with Crippen molar-refractivity contribution in [2.45, 2.75) is 0 Å². The van der Waals surface area contributed by atoms with Gasteiger partial charge in [0, 0.05) is 0 Å². The molecule has 0 spiro atoms. The molecule has 0 amide bonds. The minimum atomic E-state index is -1.68. The van der Waals surface area contributed by atoms with Crippen molar-refractivity contribution < 1.29 is 4.21 Å². The zero-order chi connectivity index (χ0) is 4.99. The van der Waals surface area contributed by atoms with Gasteiger partial charge in [0.25, 0.3) is 0 Å². The molecular formula is C3H5NOS. The van der Waals surface area contributed by atoms with Gasteiger partial charge in [-0.25, -0.2) is 0 Å². The summed E-state index contributed by atoms with van der Waals surface area (Å²) in [7, 11) is -1.68. The molecule has 0 aromatic rings. The van der Waals surface area contributed by atoms with Crippen LogP contribution in [-0.4, -0.2) is 9.96 Å². The van der Waals surface area contributed by atoms with E-state index in [1.807, 2.05) is 0 Å². The molecule has 0 aliphatic carbocycles. The first-order valence-corrected chi connectivity index (χ1v) is 2.73. The van der Waals surface area contributed by atoms with Crippen LogP contribution in [0.4, 0.5) is 0 Å². The molecule has 0 aliphatic heterocycles. The predicted octanol–water partition coefficient (Wildman–Crippen LogP) is 0.400. The number of hydrogen-bond acceptors (Lipinski definition) is 2. The molecule has 34 valence electrons. The van der Waals surface area contributed by atoms with Crippen molar-refractivity contribution in [2.24, 2.45) is 0 Å². The Hall–Kier alpha value is -0.530. The molecule has 0 fully saturated rings. The van der Waals surface area contributed by atoms with Gasteiger partial charge < -0.3 is 0 Å². The maximum atomic E-state index is 9.64. The normalized spacial score (nSPS) is 7.17. The van der Waals surface area contributed by atoms with Crippen LogP contribution < -0.4 is 0 Å². The Labute approximate surface area is 38.5 Å². The van der Waals surface area contributed by atoms with Crippen LogP contribution in [0.15, 0.2) is 12.7 Å². The highest BCUT2D eigenvalue weighted by atomic mass is 32.2. The summed E-state index contributed by atoms with van der Waals surface area (Å²) in [5.41, 5.74) is 0. The third-order valence-corrected chi connectivity index (χ3v) is 0.781. The lowest BCUT2D eigenvalue weighted by atomic mass is 10.8. The van der Waals surface area contributed by atoms with Gasteiger partial charge in [-0.15, -0.1) is 11.2 Å². The average molecular weight is 103 g/mol. The standard InChI is InChI=1S/C3H5NOS/c1-2-3-6(4)5/h2H,1,3H2. The Kier molecular flexibility index (Phi) is 2.46. The summed E-state index contributed by atoms with van der Waals surface area (Å²) in [5, 5.41) is 0. The maximum absolute atomic E-state index is 9.64. The second-order valence-corrected chi connectivity index (χ2v) is 1.75. The summed E-state index contributed by atoms with van der Waals surface area (Å²) in [6.45, 7) is 3.25. The van der Waals surface area contributed by atoms with Gasteiger partial charge in [0.2, 0.25) is 0 Å². The summed E-state index contributed by atoms with van der Waals surface area (Å²) in [6, 6.07) is 0. The third kappa shape index (κ3) is 3.47. The number of nitrogens with zero attached hydrogens (tertiary/aromatic N) is 1. The third-order valence-electron chi connectivity index (χ3n) is 0.260. The van der Waals surface area contributed by atoms with Crippen LogP contribution in [0.2, 0.25) is 0 Å². The first-order chi connectivity index (χ1) is 2.77. The Morgan fingerprint density at radius 1 is 2.00 bits per heavy atom. The molecule has 0 N–H and O–H groups in total. The van der Waals surface area contributed by atoms with E-state index in [0.29, 0.717) is 0 Å². The summed E-state index contributed by atoms with van der Waals surface area (Å²) in [4.78, 5) is 0. The lowest BCUT2D eigenvalue weighted by molar-refractivity contribution is 0.691. The van der Waals surface area contributed by atoms with E-state index in [1.165, 1.54) is 6.08 Å². The van der Waals surface area contributed by atoms with Crippen LogP contribution in [-0.2, 0) is 10.4 Å². The first kappa shape index (κ1) is 5.47. The highest BCUT2D eigenvalue weighted by molar-refractivity contribution is 7.71. The van der Waals surface area contributed by atoms with E-state index in [-0.39, 0.29) is 5.75 Å². The summed E-state index contributed by atoms with van der Waals surface area (Å²) in [6.07, 6.45) is 1.40. The zero-order valence-corrected chi connectivity index (χ0v) is 4.07. The molecule has 2 nitrogen and oxygen atoms in total. The van der Waals surface area contributed by atoms with Gasteiger partial charge in [0.1, 0.15) is 0 Å². The van der Waals surface area contributed by atoms with Gasteiger partial charge in [-0.3, -0.25) is 0 Å². The minimum absolute atomic E-state index is 0.167. The van der Waals surface area contributed by atoms with Crippen molar-refractivity contribution in [1.82, 2.24) is 0 Å². The molecule has 0 aliphatic rings. The first-order valence-electron chi connectivity index (χ1n) is 1.45. The van der Waals surface area contributed by atoms with Gasteiger partial charge >= 0.3 is 0 Å². The van der Waals surface area contributed by atoms with Gasteiger partial charge in [-0.05, 0) is 0 Å². The zero-order valence-electron chi connectivity index (χ0n) is 3.26. The largest absolute Gasteiger partial charge is 0.195 e. The Morgan fingerprint density at radius 2 is 2.50 bits per heavy atom. The molecule has 0 radical (unpaired) electrons. The fourth-order valence-corrected chi connectivity index (χ4v) is 0.302. The van der Waals surface area contributed by atoms with E-state index < -0.39 is 10.4 Å². The van der Waals surface area contributed by atoms with E-state index in [2.05, 4.69) is 6.58 Å². The Morgan fingerprint density at radius 3 is 2.50 bits per heavy atom. The summed E-state index contributed by atoms with van der Waals surface area (Å²) in [5.74, 6) is 0.167. The maximum Gasteiger partial charge on any atom is 0.164 e. The van der Waals surface area contributed by atoms with Crippen molar-refractivity contribution in [3.63, 3.8) is 0 Å². The van der Waals surface area contributed by atoms with Crippen molar-refractivity contribution in [3.8, 4) is 0 Å². The number of rotatable bonds is 1. The Bertz CT molecular complexity index is 143. The average Bonchev–Trinajstić information content (AvgIpc) is 1.35. The highest BCUT2D eigenvalue weighted by Gasteiger charge is 1.69. The molecule has 0 unspecified atom stereocenters. The van der Waals surface area contributed by atoms with E-state index in [1.54, 1.807) is 0 Å². The van der Waals surface area contributed by atoms with E-state index in [4.69, 9.17) is 4.61 Å². The van der Waals surface area contributed by atoms with Crippen LogP contribution in [0.5, 0.6) is 0 Å². The fraction of sp³-hybridized carbons (Fsp3) is 0.333. The van der Waals surface area contributed by atoms with Crippen LogP contribution in [0.1, 0.15) is 0 Å². The van der Waals surface area contributed by atoms with Gasteiger partial charge in [0.05, 0.1) is 5.75 Å². The van der Waals surface area contributed by atoms with Crippen LogP contribution in [0.3, 0.4) is 0 Å². The minimum Gasteiger partial charge on any atom is -0.195 e. The van der Waals surface area contributed by atoms with Crippen LogP contribution >= 0.6 is 0 Å². The summed E-state index contributed by atoms with van der Waals surface area (Å²) >= 11 is 0. The molecule has 3 heteroatoms. The SMILES string of the molecule is C=CCS(#N)=O. The smallest absolute Gasteiger partial charge is 0.164 e. The lowest BCUT2D eigenvalue weighted by Gasteiger charge is -1.60.